The van der Waals surface area contributed by atoms with Crippen LogP contribution in [0.4, 0.5) is 0 Å². The molecule has 1 heterocycles. The first-order chi connectivity index (χ1) is 7.34. The molecule has 0 aromatic heterocycles. The fraction of sp³-hybridized carbons (Fsp3) is 0.900. The van der Waals surface area contributed by atoms with Crippen molar-refractivity contribution in [3.05, 3.63) is 0 Å². The number of carbonyl (C=O) groups is 1. The molecule has 2 fully saturated rings. The van der Waals surface area contributed by atoms with Gasteiger partial charge in [-0.2, -0.15) is 23.5 Å². The van der Waals surface area contributed by atoms with E-state index in [-0.39, 0.29) is 5.91 Å². The third-order valence-corrected chi connectivity index (χ3v) is 5.39. The van der Waals surface area contributed by atoms with Crippen LogP contribution in [0.2, 0.25) is 0 Å². The number of rotatable bonds is 5. The average Bonchev–Trinajstić information content (AvgIpc) is 3.09. The lowest BCUT2D eigenvalue weighted by molar-refractivity contribution is -0.120. The van der Waals surface area contributed by atoms with Crippen LogP contribution in [-0.2, 0) is 4.79 Å². The highest BCUT2D eigenvalue weighted by Crippen LogP contribution is 2.23. The van der Waals surface area contributed by atoms with Crippen molar-refractivity contribution in [2.45, 2.75) is 24.1 Å². The van der Waals surface area contributed by atoms with Gasteiger partial charge in [-0.1, -0.05) is 0 Å². The fourth-order valence-corrected chi connectivity index (χ4v) is 4.08. The summed E-state index contributed by atoms with van der Waals surface area (Å²) in [5.74, 6) is 3.82. The highest BCUT2D eigenvalue weighted by molar-refractivity contribution is 8.06. The Hall–Kier alpha value is 0.130. The Kier molecular flexibility index (Phi) is 4.65. The maximum Gasteiger partial charge on any atom is 0.234 e. The summed E-state index contributed by atoms with van der Waals surface area (Å²) in [6.45, 7) is 1.33. The van der Waals surface area contributed by atoms with E-state index in [1.807, 2.05) is 23.5 Å². The first-order valence-electron chi connectivity index (χ1n) is 5.54. The molecule has 2 aliphatic rings. The second-order valence-electron chi connectivity index (χ2n) is 4.03. The van der Waals surface area contributed by atoms with Crippen molar-refractivity contribution in [1.82, 2.24) is 10.6 Å². The van der Waals surface area contributed by atoms with Gasteiger partial charge in [-0.15, -0.1) is 0 Å². The number of amides is 1. The smallest absolute Gasteiger partial charge is 0.234 e. The molecular weight excluding hydrogens is 228 g/mol. The molecule has 15 heavy (non-hydrogen) atoms. The van der Waals surface area contributed by atoms with E-state index in [1.165, 1.54) is 30.1 Å². The fourth-order valence-electron chi connectivity index (χ4n) is 1.47. The Morgan fingerprint density at radius 2 is 2.20 bits per heavy atom. The van der Waals surface area contributed by atoms with Crippen molar-refractivity contribution in [2.75, 3.05) is 30.3 Å². The molecule has 1 amide bonds. The number of thioether (sulfide) groups is 2. The van der Waals surface area contributed by atoms with E-state index in [9.17, 15) is 4.79 Å². The van der Waals surface area contributed by atoms with Gasteiger partial charge in [0.2, 0.25) is 5.91 Å². The van der Waals surface area contributed by atoms with E-state index in [1.54, 1.807) is 0 Å². The summed E-state index contributed by atoms with van der Waals surface area (Å²) in [4.78, 5) is 11.4. The monoisotopic (exact) mass is 246 g/mol. The summed E-state index contributed by atoms with van der Waals surface area (Å²) in [5.41, 5.74) is 0. The number of carbonyl (C=O) groups excluding carboxylic acids is 1. The van der Waals surface area contributed by atoms with Gasteiger partial charge in [-0.05, 0) is 12.8 Å². The highest BCUT2D eigenvalue weighted by atomic mass is 32.2. The summed E-state index contributed by atoms with van der Waals surface area (Å²) in [6, 6.07) is 0.621. The molecule has 0 aromatic rings. The van der Waals surface area contributed by atoms with Crippen molar-refractivity contribution in [1.29, 1.82) is 0 Å². The summed E-state index contributed by atoms with van der Waals surface area (Å²) in [5, 5.41) is 6.84. The van der Waals surface area contributed by atoms with Gasteiger partial charge in [-0.3, -0.25) is 4.79 Å². The predicted molar refractivity (Wildman–Crippen MR) is 67.6 cm³/mol. The second kappa shape index (κ2) is 6.01. The molecule has 1 unspecified atom stereocenters. The molecule has 86 valence electrons. The Morgan fingerprint density at radius 1 is 1.33 bits per heavy atom. The van der Waals surface area contributed by atoms with Crippen molar-refractivity contribution in [3.63, 3.8) is 0 Å². The second-order valence-corrected chi connectivity index (χ2v) is 6.59. The third-order valence-electron chi connectivity index (χ3n) is 2.54. The van der Waals surface area contributed by atoms with Crippen LogP contribution < -0.4 is 10.6 Å². The summed E-state index contributed by atoms with van der Waals surface area (Å²) in [7, 11) is 0. The van der Waals surface area contributed by atoms with Gasteiger partial charge in [0, 0.05) is 35.1 Å². The summed E-state index contributed by atoms with van der Waals surface area (Å²) in [6.07, 6.45) is 2.48. The molecule has 3 nitrogen and oxygen atoms in total. The minimum Gasteiger partial charge on any atom is -0.354 e. The van der Waals surface area contributed by atoms with E-state index in [0.29, 0.717) is 17.8 Å². The predicted octanol–water partition coefficient (Wildman–Crippen LogP) is 0.703. The zero-order chi connectivity index (χ0) is 10.5. The first-order valence-corrected chi connectivity index (χ1v) is 7.74. The van der Waals surface area contributed by atoms with Gasteiger partial charge in [0.15, 0.2) is 0 Å². The molecule has 2 N–H and O–H groups in total. The molecule has 5 heteroatoms. The largest absolute Gasteiger partial charge is 0.354 e. The SMILES string of the molecule is O=C(CNC1CC1)NCC1CSCCS1. The normalized spacial score (nSPS) is 26.3. The van der Waals surface area contributed by atoms with Crippen molar-refractivity contribution in [2.24, 2.45) is 0 Å². The van der Waals surface area contributed by atoms with Gasteiger partial charge < -0.3 is 10.6 Å². The molecular formula is C10H18N2OS2. The van der Waals surface area contributed by atoms with Gasteiger partial charge in [-0.25, -0.2) is 0 Å². The van der Waals surface area contributed by atoms with E-state index in [2.05, 4.69) is 10.6 Å². The third kappa shape index (κ3) is 4.66. The summed E-state index contributed by atoms with van der Waals surface area (Å²) >= 11 is 3.98. The minimum absolute atomic E-state index is 0.151. The van der Waals surface area contributed by atoms with Crippen LogP contribution in [0.1, 0.15) is 12.8 Å². The Labute approximate surface area is 99.5 Å². The topological polar surface area (TPSA) is 41.1 Å². The van der Waals surface area contributed by atoms with Crippen LogP contribution in [-0.4, -0.2) is 47.5 Å². The zero-order valence-corrected chi connectivity index (χ0v) is 10.5. The van der Waals surface area contributed by atoms with E-state index >= 15 is 0 Å². The Bertz CT molecular complexity index is 215. The maximum atomic E-state index is 11.4. The Balaban J connectivity index is 1.53. The highest BCUT2D eigenvalue weighted by Gasteiger charge is 2.21. The molecule has 1 saturated heterocycles. The Morgan fingerprint density at radius 3 is 2.87 bits per heavy atom. The molecule has 0 aromatic carbocycles. The lowest BCUT2D eigenvalue weighted by Crippen LogP contribution is -2.39. The molecule has 1 atom stereocenters. The van der Waals surface area contributed by atoms with Crippen molar-refractivity contribution >= 4 is 29.4 Å². The number of nitrogens with one attached hydrogen (secondary N) is 2. The van der Waals surface area contributed by atoms with E-state index in [0.717, 1.165) is 6.54 Å². The summed E-state index contributed by atoms with van der Waals surface area (Å²) < 4.78 is 0. The van der Waals surface area contributed by atoms with Crippen molar-refractivity contribution in [3.8, 4) is 0 Å². The lowest BCUT2D eigenvalue weighted by atomic mass is 10.4. The van der Waals surface area contributed by atoms with Crippen LogP contribution in [0, 0.1) is 0 Å². The minimum atomic E-state index is 0.151. The number of hydrogen-bond acceptors (Lipinski definition) is 4. The van der Waals surface area contributed by atoms with Crippen LogP contribution in [0.3, 0.4) is 0 Å². The molecule has 0 spiro atoms. The molecule has 2 rings (SSSR count). The molecule has 1 aliphatic carbocycles. The van der Waals surface area contributed by atoms with Crippen LogP contribution in [0.15, 0.2) is 0 Å². The average molecular weight is 246 g/mol. The maximum absolute atomic E-state index is 11.4. The van der Waals surface area contributed by atoms with Gasteiger partial charge in [0.25, 0.3) is 0 Å². The van der Waals surface area contributed by atoms with E-state index < -0.39 is 0 Å². The zero-order valence-electron chi connectivity index (χ0n) is 8.83. The molecule has 1 aliphatic heterocycles. The van der Waals surface area contributed by atoms with Gasteiger partial charge >= 0.3 is 0 Å². The lowest BCUT2D eigenvalue weighted by Gasteiger charge is -2.21. The van der Waals surface area contributed by atoms with Crippen LogP contribution in [0.5, 0.6) is 0 Å². The van der Waals surface area contributed by atoms with Gasteiger partial charge in [0.1, 0.15) is 0 Å². The van der Waals surface area contributed by atoms with Crippen LogP contribution >= 0.6 is 23.5 Å². The molecule has 1 saturated carbocycles. The quantitative estimate of drug-likeness (QED) is 0.749. The first kappa shape index (κ1) is 11.6. The van der Waals surface area contributed by atoms with Crippen LogP contribution in [0.25, 0.3) is 0 Å². The standard InChI is InChI=1S/C10H18N2OS2/c13-10(6-11-8-1-2-8)12-5-9-7-14-3-4-15-9/h8-9,11H,1-7H2,(H,12,13). The van der Waals surface area contributed by atoms with Gasteiger partial charge in [0.05, 0.1) is 6.54 Å². The van der Waals surface area contributed by atoms with E-state index in [4.69, 9.17) is 0 Å². The molecule has 0 radical (unpaired) electrons. The number of hydrogen-bond donors (Lipinski definition) is 2. The van der Waals surface area contributed by atoms with Crippen molar-refractivity contribution < 1.29 is 4.79 Å². The molecule has 0 bridgehead atoms.